The molecule has 0 saturated carbocycles. The molecule has 0 heterocycles. The average molecular weight is 295 g/mol. The first kappa shape index (κ1) is 17.1. The van der Waals surface area contributed by atoms with Crippen molar-refractivity contribution in [1.82, 2.24) is 0 Å². The minimum absolute atomic E-state index is 0.247. The van der Waals surface area contributed by atoms with Crippen LogP contribution < -0.4 is 5.73 Å². The van der Waals surface area contributed by atoms with Crippen molar-refractivity contribution in [1.29, 1.82) is 0 Å². The second kappa shape index (κ2) is 7.14. The van der Waals surface area contributed by atoms with Crippen molar-refractivity contribution in [3.8, 4) is 0 Å². The van der Waals surface area contributed by atoms with Crippen molar-refractivity contribution in [3.63, 3.8) is 0 Å². The largest absolute Gasteiger partial charge is 0.465 e. The van der Waals surface area contributed by atoms with Gasteiger partial charge in [-0.2, -0.15) is 0 Å². The number of thioether (sulfide) groups is 1. The molecule has 1 aromatic rings. The lowest BCUT2D eigenvalue weighted by Crippen LogP contribution is -2.47. The Kier molecular flexibility index (Phi) is 6.08. The molecule has 1 aromatic carbocycles. The molecule has 0 bridgehead atoms. The molecule has 112 valence electrons. The summed E-state index contributed by atoms with van der Waals surface area (Å²) in [5.41, 5.74) is 7.71. The van der Waals surface area contributed by atoms with Gasteiger partial charge in [0.05, 0.1) is 6.61 Å². The van der Waals surface area contributed by atoms with Crippen LogP contribution in [0.25, 0.3) is 0 Å². The maximum absolute atomic E-state index is 11.8. The summed E-state index contributed by atoms with van der Waals surface area (Å²) in [7, 11) is 0. The first-order chi connectivity index (χ1) is 9.26. The zero-order valence-electron chi connectivity index (χ0n) is 13.0. The van der Waals surface area contributed by atoms with Gasteiger partial charge in [0.2, 0.25) is 0 Å². The number of hydrogen-bond donors (Lipinski definition) is 1. The highest BCUT2D eigenvalue weighted by Gasteiger charge is 2.32. The van der Waals surface area contributed by atoms with E-state index in [0.29, 0.717) is 13.0 Å². The second-order valence-electron chi connectivity index (χ2n) is 5.52. The minimum Gasteiger partial charge on any atom is -0.465 e. The smallest absolute Gasteiger partial charge is 0.325 e. The molecule has 0 saturated heterocycles. The summed E-state index contributed by atoms with van der Waals surface area (Å²) >= 11 is 1.74. The fourth-order valence-electron chi connectivity index (χ4n) is 2.04. The maximum Gasteiger partial charge on any atom is 0.325 e. The number of aryl methyl sites for hydroxylation is 2. The van der Waals surface area contributed by atoms with Gasteiger partial charge in [0.25, 0.3) is 0 Å². The first-order valence-corrected chi connectivity index (χ1v) is 7.84. The van der Waals surface area contributed by atoms with Gasteiger partial charge in [-0.15, -0.1) is 11.8 Å². The lowest BCUT2D eigenvalue weighted by atomic mass is 9.98. The SMILES string of the molecule is CCOC(=O)C(C)(N)CC(C)Sc1ccc(C)c(C)c1. The van der Waals surface area contributed by atoms with Gasteiger partial charge < -0.3 is 10.5 Å². The van der Waals surface area contributed by atoms with Gasteiger partial charge in [-0.1, -0.05) is 13.0 Å². The molecule has 0 fully saturated rings. The van der Waals surface area contributed by atoms with E-state index in [4.69, 9.17) is 10.5 Å². The summed E-state index contributed by atoms with van der Waals surface area (Å²) in [6, 6.07) is 6.41. The summed E-state index contributed by atoms with van der Waals surface area (Å²) in [6.45, 7) is 10.2. The summed E-state index contributed by atoms with van der Waals surface area (Å²) in [5, 5.41) is 0.247. The predicted molar refractivity (Wildman–Crippen MR) is 85.1 cm³/mol. The van der Waals surface area contributed by atoms with Crippen LogP contribution in [0.2, 0.25) is 0 Å². The van der Waals surface area contributed by atoms with Crippen LogP contribution in [-0.2, 0) is 9.53 Å². The Hall–Kier alpha value is -1.00. The van der Waals surface area contributed by atoms with Crippen LogP contribution in [0.1, 0.15) is 38.3 Å². The van der Waals surface area contributed by atoms with Gasteiger partial charge >= 0.3 is 5.97 Å². The van der Waals surface area contributed by atoms with Gasteiger partial charge in [-0.05, 0) is 57.4 Å². The number of carbonyl (C=O) groups is 1. The number of nitrogens with two attached hydrogens (primary N) is 1. The van der Waals surface area contributed by atoms with Crippen molar-refractivity contribution >= 4 is 17.7 Å². The summed E-state index contributed by atoms with van der Waals surface area (Å²) in [5.74, 6) is -0.326. The molecule has 0 spiro atoms. The Morgan fingerprint density at radius 2 is 2.05 bits per heavy atom. The van der Waals surface area contributed by atoms with E-state index < -0.39 is 5.54 Å². The fourth-order valence-corrected chi connectivity index (χ4v) is 3.32. The molecule has 0 aromatic heterocycles. The van der Waals surface area contributed by atoms with Crippen LogP contribution in [0.4, 0.5) is 0 Å². The van der Waals surface area contributed by atoms with E-state index in [1.54, 1.807) is 25.6 Å². The second-order valence-corrected chi connectivity index (χ2v) is 7.03. The highest BCUT2D eigenvalue weighted by atomic mass is 32.2. The van der Waals surface area contributed by atoms with Gasteiger partial charge in [-0.25, -0.2) is 0 Å². The van der Waals surface area contributed by atoms with Crippen LogP contribution in [0.5, 0.6) is 0 Å². The molecule has 1 rings (SSSR count). The molecule has 0 radical (unpaired) electrons. The maximum atomic E-state index is 11.8. The molecule has 2 N–H and O–H groups in total. The standard InChI is InChI=1S/C16H25NO2S/c1-6-19-15(18)16(5,17)10-13(4)20-14-8-7-11(2)12(3)9-14/h7-9,13H,6,10,17H2,1-5H3. The van der Waals surface area contributed by atoms with Crippen molar-refractivity contribution in [3.05, 3.63) is 29.3 Å². The lowest BCUT2D eigenvalue weighted by Gasteiger charge is -2.25. The van der Waals surface area contributed by atoms with Crippen LogP contribution >= 0.6 is 11.8 Å². The highest BCUT2D eigenvalue weighted by Crippen LogP contribution is 2.29. The normalized spacial score (nSPS) is 15.5. The van der Waals surface area contributed by atoms with E-state index in [-0.39, 0.29) is 11.2 Å². The molecule has 0 aliphatic heterocycles. The molecular formula is C16H25NO2S. The first-order valence-electron chi connectivity index (χ1n) is 6.96. The third kappa shape index (κ3) is 4.84. The van der Waals surface area contributed by atoms with Crippen molar-refractivity contribution in [2.24, 2.45) is 5.73 Å². The number of hydrogen-bond acceptors (Lipinski definition) is 4. The highest BCUT2D eigenvalue weighted by molar-refractivity contribution is 7.99. The van der Waals surface area contributed by atoms with Crippen LogP contribution in [0, 0.1) is 13.8 Å². The minimum atomic E-state index is -0.928. The Bertz CT molecular complexity index is 472. The quantitative estimate of drug-likeness (QED) is 0.645. The predicted octanol–water partition coefficient (Wildman–Crippen LogP) is 3.45. The van der Waals surface area contributed by atoms with Crippen LogP contribution in [0.15, 0.2) is 23.1 Å². The molecule has 20 heavy (non-hydrogen) atoms. The van der Waals surface area contributed by atoms with E-state index in [1.165, 1.54) is 16.0 Å². The van der Waals surface area contributed by atoms with Crippen molar-refractivity contribution in [2.45, 2.75) is 56.7 Å². The third-order valence-electron chi connectivity index (χ3n) is 3.27. The Balaban J connectivity index is 2.64. The van der Waals surface area contributed by atoms with E-state index in [2.05, 4.69) is 39.0 Å². The third-order valence-corrected chi connectivity index (χ3v) is 4.36. The summed E-state index contributed by atoms with van der Waals surface area (Å²) < 4.78 is 5.02. The van der Waals surface area contributed by atoms with Crippen molar-refractivity contribution in [2.75, 3.05) is 6.61 Å². The van der Waals surface area contributed by atoms with Gasteiger partial charge in [-0.3, -0.25) is 4.79 Å². The molecule has 2 unspecified atom stereocenters. The Labute approximate surface area is 126 Å². The zero-order chi connectivity index (χ0) is 15.3. The lowest BCUT2D eigenvalue weighted by molar-refractivity contribution is -0.149. The summed E-state index contributed by atoms with van der Waals surface area (Å²) in [6.07, 6.45) is 0.587. The van der Waals surface area contributed by atoms with Gasteiger partial charge in [0.15, 0.2) is 0 Å². The topological polar surface area (TPSA) is 52.3 Å². The Morgan fingerprint density at radius 1 is 1.40 bits per heavy atom. The number of ether oxygens (including phenoxy) is 1. The van der Waals surface area contributed by atoms with E-state index in [1.807, 2.05) is 0 Å². The number of rotatable bonds is 6. The summed E-state index contributed by atoms with van der Waals surface area (Å²) in [4.78, 5) is 13.0. The molecule has 0 aliphatic rings. The Morgan fingerprint density at radius 3 is 2.60 bits per heavy atom. The number of esters is 1. The van der Waals surface area contributed by atoms with Gasteiger partial charge in [0.1, 0.15) is 5.54 Å². The van der Waals surface area contributed by atoms with E-state index in [0.717, 1.165) is 0 Å². The monoisotopic (exact) mass is 295 g/mol. The molecule has 0 aliphatic carbocycles. The molecule has 0 amide bonds. The van der Waals surface area contributed by atoms with Crippen LogP contribution in [0.3, 0.4) is 0 Å². The number of carbonyl (C=O) groups excluding carboxylic acids is 1. The zero-order valence-corrected chi connectivity index (χ0v) is 13.8. The fraction of sp³-hybridized carbons (Fsp3) is 0.562. The van der Waals surface area contributed by atoms with Crippen LogP contribution in [-0.4, -0.2) is 23.4 Å². The number of benzene rings is 1. The molecule has 3 nitrogen and oxygen atoms in total. The molecule has 2 atom stereocenters. The van der Waals surface area contributed by atoms with E-state index >= 15 is 0 Å². The molecule has 4 heteroatoms. The van der Waals surface area contributed by atoms with Gasteiger partial charge in [0, 0.05) is 10.1 Å². The molecular weight excluding hydrogens is 270 g/mol. The average Bonchev–Trinajstić information content (AvgIpc) is 2.33. The van der Waals surface area contributed by atoms with E-state index in [9.17, 15) is 4.79 Å². The van der Waals surface area contributed by atoms with Crippen molar-refractivity contribution < 1.29 is 9.53 Å².